The van der Waals surface area contributed by atoms with Crippen LogP contribution in [0.25, 0.3) is 0 Å². The van der Waals surface area contributed by atoms with Crippen LogP contribution in [0.2, 0.25) is 0 Å². The van der Waals surface area contributed by atoms with Gasteiger partial charge in [-0.15, -0.1) is 11.3 Å². The number of nitrogens with zero attached hydrogens (tertiary/aromatic N) is 3. The molecule has 0 bridgehead atoms. The first-order valence-electron chi connectivity index (χ1n) is 8.22. The summed E-state index contributed by atoms with van der Waals surface area (Å²) in [6.45, 7) is 3.94. The third kappa shape index (κ3) is 3.93. The zero-order chi connectivity index (χ0) is 17.8. The van der Waals surface area contributed by atoms with Gasteiger partial charge in [-0.1, -0.05) is 25.1 Å². The highest BCUT2D eigenvalue weighted by molar-refractivity contribution is 7.09. The van der Waals surface area contributed by atoms with Gasteiger partial charge in [0.25, 0.3) is 5.91 Å². The summed E-state index contributed by atoms with van der Waals surface area (Å²) in [6, 6.07) is 8.98. The molecule has 1 aromatic heterocycles. The number of benzene rings is 1. The Bertz CT molecular complexity index is 800. The van der Waals surface area contributed by atoms with E-state index in [2.05, 4.69) is 22.3 Å². The third-order valence-corrected chi connectivity index (χ3v) is 5.04. The van der Waals surface area contributed by atoms with Gasteiger partial charge in [-0.05, 0) is 25.5 Å². The predicted octanol–water partition coefficient (Wildman–Crippen LogP) is 2.55. The van der Waals surface area contributed by atoms with Gasteiger partial charge in [0.15, 0.2) is 5.78 Å². The number of aromatic nitrogens is 1. The van der Waals surface area contributed by atoms with Crippen molar-refractivity contribution >= 4 is 34.4 Å². The van der Waals surface area contributed by atoms with Crippen LogP contribution in [0.3, 0.4) is 0 Å². The van der Waals surface area contributed by atoms with E-state index in [0.29, 0.717) is 18.7 Å². The van der Waals surface area contributed by atoms with Gasteiger partial charge < -0.3 is 5.32 Å². The Labute approximate surface area is 150 Å². The second kappa shape index (κ2) is 7.57. The first-order chi connectivity index (χ1) is 12.1. The fourth-order valence-electron chi connectivity index (χ4n) is 2.65. The molecule has 7 heteroatoms. The van der Waals surface area contributed by atoms with Crippen LogP contribution in [0.5, 0.6) is 0 Å². The van der Waals surface area contributed by atoms with E-state index in [9.17, 15) is 9.59 Å². The van der Waals surface area contributed by atoms with E-state index >= 15 is 0 Å². The number of amides is 1. The summed E-state index contributed by atoms with van der Waals surface area (Å²) >= 11 is 1.59. The van der Waals surface area contributed by atoms with E-state index in [1.54, 1.807) is 16.3 Å². The Morgan fingerprint density at radius 2 is 2.08 bits per heavy atom. The minimum absolute atomic E-state index is 0.0116. The second-order valence-electron chi connectivity index (χ2n) is 5.83. The Morgan fingerprint density at radius 1 is 1.32 bits per heavy atom. The van der Waals surface area contributed by atoms with Crippen molar-refractivity contribution in [2.24, 2.45) is 5.10 Å². The Hall–Kier alpha value is -2.54. The molecule has 0 saturated carbocycles. The third-order valence-electron chi connectivity index (χ3n) is 3.99. The van der Waals surface area contributed by atoms with Gasteiger partial charge in [-0.3, -0.25) is 14.6 Å². The van der Waals surface area contributed by atoms with E-state index < -0.39 is 6.04 Å². The molecule has 0 saturated heterocycles. The number of Topliss-reactive ketones (excluding diaryl/α,β-unsaturated/α-hetero) is 1. The molecule has 130 valence electrons. The van der Waals surface area contributed by atoms with Gasteiger partial charge in [0.2, 0.25) is 0 Å². The molecule has 1 unspecified atom stereocenters. The minimum atomic E-state index is -0.436. The van der Waals surface area contributed by atoms with E-state index in [1.165, 1.54) is 6.92 Å². The molecule has 1 N–H and O–H groups in total. The van der Waals surface area contributed by atoms with Crippen LogP contribution in [-0.4, -0.2) is 28.4 Å². The number of nitrogens with one attached hydrogen (secondary N) is 1. The van der Waals surface area contributed by atoms with Crippen LogP contribution >= 0.6 is 11.3 Å². The molecule has 6 nitrogen and oxygen atoms in total. The molecule has 2 aromatic rings. The number of carbonyl (C=O) groups excluding carboxylic acids is 2. The van der Waals surface area contributed by atoms with E-state index in [1.807, 2.05) is 35.7 Å². The SMILES string of the molecule is CCc1nc(CNC(=O)C2=NN(c3ccccc3)C(C(C)=O)C2)cs1. The van der Waals surface area contributed by atoms with Crippen molar-refractivity contribution < 1.29 is 9.59 Å². The van der Waals surface area contributed by atoms with Crippen LogP contribution in [0.15, 0.2) is 40.8 Å². The fraction of sp³-hybridized carbons (Fsp3) is 0.333. The topological polar surface area (TPSA) is 74.7 Å². The molecule has 25 heavy (non-hydrogen) atoms. The number of aryl methyl sites for hydroxylation is 1. The van der Waals surface area contributed by atoms with Crippen LogP contribution in [0, 0.1) is 0 Å². The summed E-state index contributed by atoms with van der Waals surface area (Å²) in [7, 11) is 0. The Kier molecular flexibility index (Phi) is 5.23. The molecule has 0 spiro atoms. The lowest BCUT2D eigenvalue weighted by Crippen LogP contribution is -2.34. The number of thiazole rings is 1. The number of rotatable bonds is 6. The fourth-order valence-corrected chi connectivity index (χ4v) is 3.39. The average Bonchev–Trinajstić information content (AvgIpc) is 3.27. The molecule has 0 aliphatic carbocycles. The van der Waals surface area contributed by atoms with E-state index in [-0.39, 0.29) is 11.7 Å². The van der Waals surface area contributed by atoms with Crippen molar-refractivity contribution in [1.82, 2.24) is 10.3 Å². The van der Waals surface area contributed by atoms with E-state index in [4.69, 9.17) is 0 Å². The Balaban J connectivity index is 1.70. The lowest BCUT2D eigenvalue weighted by Gasteiger charge is -2.20. The number of hydrogen-bond acceptors (Lipinski definition) is 6. The quantitative estimate of drug-likeness (QED) is 0.863. The molecule has 1 aliphatic heterocycles. The summed E-state index contributed by atoms with van der Waals surface area (Å²) < 4.78 is 0. The molecule has 1 aliphatic rings. The van der Waals surface area contributed by atoms with Gasteiger partial charge >= 0.3 is 0 Å². The monoisotopic (exact) mass is 356 g/mol. The highest BCUT2D eigenvalue weighted by Crippen LogP contribution is 2.25. The van der Waals surface area contributed by atoms with Crippen LogP contribution in [0.4, 0.5) is 5.69 Å². The lowest BCUT2D eigenvalue weighted by atomic mass is 10.1. The molecule has 1 atom stereocenters. The first kappa shape index (κ1) is 17.3. The summed E-state index contributed by atoms with van der Waals surface area (Å²) in [4.78, 5) is 28.8. The van der Waals surface area contributed by atoms with Crippen LogP contribution < -0.4 is 10.3 Å². The van der Waals surface area contributed by atoms with Gasteiger partial charge in [-0.2, -0.15) is 5.10 Å². The summed E-state index contributed by atoms with van der Waals surface area (Å²) in [5.41, 5.74) is 2.02. The Morgan fingerprint density at radius 3 is 2.72 bits per heavy atom. The largest absolute Gasteiger partial charge is 0.345 e. The van der Waals surface area contributed by atoms with Crippen LogP contribution in [-0.2, 0) is 22.6 Å². The zero-order valence-electron chi connectivity index (χ0n) is 14.2. The molecule has 1 aromatic carbocycles. The van der Waals surface area contributed by atoms with Crippen molar-refractivity contribution in [1.29, 1.82) is 0 Å². The molecule has 0 fully saturated rings. The molecule has 0 radical (unpaired) electrons. The molecular weight excluding hydrogens is 336 g/mol. The number of carbonyl (C=O) groups is 2. The van der Waals surface area contributed by atoms with Crippen molar-refractivity contribution in [2.45, 2.75) is 39.3 Å². The minimum Gasteiger partial charge on any atom is -0.345 e. The predicted molar refractivity (Wildman–Crippen MR) is 98.8 cm³/mol. The standard InChI is InChI=1S/C18H20N4O2S/c1-3-17-20-13(11-25-17)10-19-18(24)15-9-16(12(2)23)22(21-15)14-7-5-4-6-8-14/h4-8,11,16H,3,9-10H2,1-2H3,(H,19,24). The van der Waals surface area contributed by atoms with Crippen molar-refractivity contribution in [3.05, 3.63) is 46.4 Å². The molecule has 2 heterocycles. The number of para-hydroxylation sites is 1. The maximum absolute atomic E-state index is 12.4. The normalized spacial score (nSPS) is 16.6. The van der Waals surface area contributed by atoms with Gasteiger partial charge in [0.05, 0.1) is 22.9 Å². The molecule has 3 rings (SSSR count). The van der Waals surface area contributed by atoms with Crippen LogP contribution in [0.1, 0.15) is 31.0 Å². The smallest absolute Gasteiger partial charge is 0.267 e. The zero-order valence-corrected chi connectivity index (χ0v) is 15.0. The van der Waals surface area contributed by atoms with Gasteiger partial charge in [-0.25, -0.2) is 4.98 Å². The highest BCUT2D eigenvalue weighted by Gasteiger charge is 2.34. The summed E-state index contributed by atoms with van der Waals surface area (Å²) in [6.07, 6.45) is 1.20. The van der Waals surface area contributed by atoms with Crippen molar-refractivity contribution in [3.8, 4) is 0 Å². The lowest BCUT2D eigenvalue weighted by molar-refractivity contribution is -0.118. The average molecular weight is 356 g/mol. The van der Waals surface area contributed by atoms with Gasteiger partial charge in [0.1, 0.15) is 11.8 Å². The van der Waals surface area contributed by atoms with Gasteiger partial charge in [0, 0.05) is 11.8 Å². The first-order valence-corrected chi connectivity index (χ1v) is 9.10. The summed E-state index contributed by atoms with van der Waals surface area (Å²) in [5.74, 6) is -0.266. The number of anilines is 1. The highest BCUT2D eigenvalue weighted by atomic mass is 32.1. The van der Waals surface area contributed by atoms with Crippen molar-refractivity contribution in [3.63, 3.8) is 0 Å². The number of hydrazone groups is 1. The number of hydrogen-bond donors (Lipinski definition) is 1. The van der Waals surface area contributed by atoms with Crippen molar-refractivity contribution in [2.75, 3.05) is 5.01 Å². The maximum Gasteiger partial charge on any atom is 0.267 e. The molecule has 1 amide bonds. The maximum atomic E-state index is 12.4. The number of ketones is 1. The summed E-state index contributed by atoms with van der Waals surface area (Å²) in [5, 5.41) is 11.9. The second-order valence-corrected chi connectivity index (χ2v) is 6.77. The van der Waals surface area contributed by atoms with E-state index in [0.717, 1.165) is 22.8 Å². The molecular formula is C18H20N4O2S.